The molecule has 244 valence electrons. The second-order valence-corrected chi connectivity index (χ2v) is 15.2. The number of aromatic nitrogens is 4. The van der Waals surface area contributed by atoms with Crippen molar-refractivity contribution in [3.05, 3.63) is 49.6 Å². The molecule has 2 N–H and O–H groups in total. The standard InChI is InChI=1S/C9H19NO.C7H15NO.2C4H4N2.2C2H6O2S/c1-5-6-8(11)10-7-9(2,3)4;1-4-5-7(9)8-6(2)3;2*1-2-5-4-6-3-1;2*1-5(2,3)4/h5-7H2,1-4H3,(H,10,11);6H,4-5H2,1-3H3,(H,8,9);2*1-4H;2*1-2H3. The van der Waals surface area contributed by atoms with Gasteiger partial charge >= 0.3 is 0 Å². The third kappa shape index (κ3) is 76.7. The Balaban J connectivity index is -0.000000212. The first kappa shape index (κ1) is 46.0. The second-order valence-electron chi connectivity index (χ2n) is 10.7. The summed E-state index contributed by atoms with van der Waals surface area (Å²) in [6.07, 6.45) is 17.5. The fraction of sp³-hybridized carbons (Fsp3) is 0.643. The number of nitrogens with zero attached hydrogens (tertiary/aromatic N) is 4. The Labute approximate surface area is 254 Å². The van der Waals surface area contributed by atoms with Crippen molar-refractivity contribution >= 4 is 31.5 Å². The highest BCUT2D eigenvalue weighted by molar-refractivity contribution is 7.90. The minimum absolute atomic E-state index is 0.160. The van der Waals surface area contributed by atoms with Crippen molar-refractivity contribution in [2.24, 2.45) is 5.41 Å². The van der Waals surface area contributed by atoms with Gasteiger partial charge in [0.1, 0.15) is 32.3 Å². The fourth-order valence-electron chi connectivity index (χ4n) is 1.81. The molecule has 0 bridgehead atoms. The van der Waals surface area contributed by atoms with E-state index in [4.69, 9.17) is 0 Å². The van der Waals surface area contributed by atoms with E-state index in [1.165, 1.54) is 12.7 Å². The molecule has 2 rings (SSSR count). The summed E-state index contributed by atoms with van der Waals surface area (Å²) >= 11 is 0. The zero-order valence-electron chi connectivity index (χ0n) is 27.3. The van der Waals surface area contributed by atoms with Crippen LogP contribution in [0.15, 0.2) is 49.6 Å². The molecule has 0 unspecified atom stereocenters. The van der Waals surface area contributed by atoms with E-state index in [1.54, 1.807) is 36.9 Å². The molecule has 12 nitrogen and oxygen atoms in total. The predicted octanol–water partition coefficient (Wildman–Crippen LogP) is 3.53. The van der Waals surface area contributed by atoms with Gasteiger partial charge in [0.25, 0.3) is 0 Å². The first-order valence-electron chi connectivity index (χ1n) is 13.4. The molecule has 0 aliphatic heterocycles. The van der Waals surface area contributed by atoms with Gasteiger partial charge in [-0.1, -0.05) is 34.6 Å². The van der Waals surface area contributed by atoms with Crippen LogP contribution in [0.25, 0.3) is 0 Å². The first-order valence-corrected chi connectivity index (χ1v) is 18.0. The van der Waals surface area contributed by atoms with Crippen LogP contribution in [0.4, 0.5) is 0 Å². The molecule has 2 aromatic heterocycles. The number of carbonyl (C=O) groups is 2. The highest BCUT2D eigenvalue weighted by Gasteiger charge is 2.10. The van der Waals surface area contributed by atoms with Crippen molar-refractivity contribution in [3.8, 4) is 0 Å². The number of hydrogen-bond donors (Lipinski definition) is 2. The number of hydrogen-bond acceptors (Lipinski definition) is 10. The van der Waals surface area contributed by atoms with Crippen molar-refractivity contribution < 1.29 is 26.4 Å². The van der Waals surface area contributed by atoms with Crippen molar-refractivity contribution in [3.63, 3.8) is 0 Å². The van der Waals surface area contributed by atoms with Gasteiger partial charge in [0.05, 0.1) is 0 Å². The van der Waals surface area contributed by atoms with Crippen LogP contribution in [0.1, 0.15) is 74.1 Å². The van der Waals surface area contributed by atoms with Crippen molar-refractivity contribution in [2.75, 3.05) is 31.6 Å². The van der Waals surface area contributed by atoms with Crippen molar-refractivity contribution in [1.29, 1.82) is 0 Å². The molecule has 14 heteroatoms. The van der Waals surface area contributed by atoms with Gasteiger partial charge in [-0.2, -0.15) is 0 Å². The molecule has 0 atom stereocenters. The molecule has 0 aliphatic carbocycles. The molecule has 2 aromatic rings. The van der Waals surface area contributed by atoms with Crippen LogP contribution in [-0.2, 0) is 29.3 Å². The highest BCUT2D eigenvalue weighted by atomic mass is 32.2. The summed E-state index contributed by atoms with van der Waals surface area (Å²) in [6, 6.07) is 3.84. The summed E-state index contributed by atoms with van der Waals surface area (Å²) in [5, 5.41) is 5.69. The van der Waals surface area contributed by atoms with E-state index in [2.05, 4.69) is 51.3 Å². The number of amides is 2. The van der Waals surface area contributed by atoms with E-state index in [1.807, 2.05) is 27.7 Å². The van der Waals surface area contributed by atoms with Gasteiger partial charge in [-0.05, 0) is 44.2 Å². The smallest absolute Gasteiger partial charge is 0.220 e. The first-order chi connectivity index (χ1) is 19.1. The number of rotatable bonds is 6. The lowest BCUT2D eigenvalue weighted by atomic mass is 9.97. The van der Waals surface area contributed by atoms with E-state index in [-0.39, 0.29) is 23.3 Å². The van der Waals surface area contributed by atoms with E-state index < -0.39 is 19.7 Å². The molecular weight excluding hydrogens is 580 g/mol. The molecule has 0 saturated heterocycles. The Morgan fingerprint density at radius 3 is 1.19 bits per heavy atom. The maximum atomic E-state index is 11.0. The maximum absolute atomic E-state index is 11.0. The van der Waals surface area contributed by atoms with Gasteiger partial charge in [0.15, 0.2) is 0 Å². The van der Waals surface area contributed by atoms with Crippen LogP contribution in [0.2, 0.25) is 0 Å². The summed E-state index contributed by atoms with van der Waals surface area (Å²) in [7, 11) is -5.33. The Hall–Kier alpha value is -3.00. The van der Waals surface area contributed by atoms with Crippen LogP contribution in [0.3, 0.4) is 0 Å². The topological polar surface area (TPSA) is 178 Å². The predicted molar refractivity (Wildman–Crippen MR) is 171 cm³/mol. The molecule has 0 fully saturated rings. The van der Waals surface area contributed by atoms with E-state index in [0.29, 0.717) is 12.8 Å². The molecule has 2 heterocycles. The van der Waals surface area contributed by atoms with Gasteiger partial charge < -0.3 is 10.6 Å². The summed E-state index contributed by atoms with van der Waals surface area (Å²) in [5.41, 5.74) is 0.198. The van der Waals surface area contributed by atoms with E-state index in [9.17, 15) is 26.4 Å². The summed E-state index contributed by atoms with van der Waals surface area (Å²) in [6.45, 7) is 15.0. The zero-order chi connectivity index (χ0) is 33.7. The lowest BCUT2D eigenvalue weighted by molar-refractivity contribution is -0.122. The molecule has 42 heavy (non-hydrogen) atoms. The van der Waals surface area contributed by atoms with Gasteiger partial charge in [-0.25, -0.2) is 36.8 Å². The molecule has 2 amide bonds. The van der Waals surface area contributed by atoms with Crippen molar-refractivity contribution in [1.82, 2.24) is 30.6 Å². The Morgan fingerprint density at radius 1 is 0.690 bits per heavy atom. The highest BCUT2D eigenvalue weighted by Crippen LogP contribution is 2.10. The van der Waals surface area contributed by atoms with E-state index in [0.717, 1.165) is 44.4 Å². The minimum atomic E-state index is -2.67. The average Bonchev–Trinajstić information content (AvgIpc) is 2.84. The van der Waals surface area contributed by atoms with E-state index >= 15 is 0 Å². The van der Waals surface area contributed by atoms with Crippen LogP contribution < -0.4 is 10.6 Å². The average molecular weight is 635 g/mol. The molecule has 0 radical (unpaired) electrons. The summed E-state index contributed by atoms with van der Waals surface area (Å²) in [5.74, 6) is 0.329. The quantitative estimate of drug-likeness (QED) is 0.478. The monoisotopic (exact) mass is 634 g/mol. The second kappa shape index (κ2) is 28.1. The Kier molecular flexibility index (Phi) is 30.8. The van der Waals surface area contributed by atoms with Crippen LogP contribution in [-0.4, -0.2) is 86.2 Å². The molecular formula is C28H54N6O6S2. The van der Waals surface area contributed by atoms with Gasteiger partial charge in [0, 0.05) is 75.2 Å². The Morgan fingerprint density at radius 2 is 1.00 bits per heavy atom. The van der Waals surface area contributed by atoms with Crippen molar-refractivity contribution in [2.45, 2.75) is 80.2 Å². The number of carbonyl (C=O) groups excluding carboxylic acids is 2. The van der Waals surface area contributed by atoms with Crippen LogP contribution in [0, 0.1) is 5.41 Å². The van der Waals surface area contributed by atoms with Gasteiger partial charge in [-0.3, -0.25) is 9.59 Å². The normalized spacial score (nSPS) is 10.1. The van der Waals surface area contributed by atoms with Gasteiger partial charge in [0.2, 0.25) is 11.8 Å². The van der Waals surface area contributed by atoms with Gasteiger partial charge in [-0.15, -0.1) is 0 Å². The summed E-state index contributed by atoms with van der Waals surface area (Å²) < 4.78 is 38.5. The van der Waals surface area contributed by atoms with Crippen LogP contribution >= 0.6 is 0 Å². The Bertz CT molecular complexity index is 964. The fourth-order valence-corrected chi connectivity index (χ4v) is 1.81. The SMILES string of the molecule is CCCC(=O)NC(C)C.CCCC(=O)NCC(C)(C)C.CS(C)(=O)=O.CS(C)(=O)=O.c1cncnc1.c1cncnc1. The maximum Gasteiger partial charge on any atom is 0.220 e. The lowest BCUT2D eigenvalue weighted by Crippen LogP contribution is -2.31. The zero-order valence-corrected chi connectivity index (χ0v) is 28.9. The molecule has 0 aromatic carbocycles. The summed E-state index contributed by atoms with van der Waals surface area (Å²) in [4.78, 5) is 36.4. The minimum Gasteiger partial charge on any atom is -0.356 e. The molecule has 0 saturated carbocycles. The molecule has 0 spiro atoms. The molecule has 0 aliphatic rings. The third-order valence-electron chi connectivity index (χ3n) is 3.17. The number of sulfone groups is 2. The lowest BCUT2D eigenvalue weighted by Gasteiger charge is -2.18. The largest absolute Gasteiger partial charge is 0.356 e. The third-order valence-corrected chi connectivity index (χ3v) is 3.17. The van der Waals surface area contributed by atoms with Crippen LogP contribution in [0.5, 0.6) is 0 Å². The number of nitrogens with one attached hydrogen (secondary N) is 2.